The molecule has 0 spiro atoms. The van der Waals surface area contributed by atoms with Gasteiger partial charge in [-0.3, -0.25) is 4.79 Å². The van der Waals surface area contributed by atoms with Crippen LogP contribution in [0.4, 0.5) is 0 Å². The highest BCUT2D eigenvalue weighted by Gasteiger charge is 2.21. The third kappa shape index (κ3) is 4.68. The Bertz CT molecular complexity index is 1240. The molecule has 6 nitrogen and oxygen atoms in total. The fourth-order valence-corrected chi connectivity index (χ4v) is 4.14. The lowest BCUT2D eigenvalue weighted by molar-refractivity contribution is 0.317. The molecule has 0 bridgehead atoms. The van der Waals surface area contributed by atoms with Crippen LogP contribution in [0.1, 0.15) is 34.6 Å². The molecule has 1 heterocycles. The lowest BCUT2D eigenvalue weighted by atomic mass is 9.83. The van der Waals surface area contributed by atoms with Crippen molar-refractivity contribution in [3.05, 3.63) is 99.5 Å². The fourth-order valence-electron chi connectivity index (χ4n) is 3.51. The minimum absolute atomic E-state index is 0.150. The highest BCUT2D eigenvalue weighted by Crippen LogP contribution is 2.32. The van der Waals surface area contributed by atoms with E-state index in [-0.39, 0.29) is 16.4 Å². The molecule has 2 aromatic carbocycles. The number of aryl methyl sites for hydroxylation is 2. The van der Waals surface area contributed by atoms with Crippen LogP contribution >= 0.6 is 0 Å². The maximum absolute atomic E-state index is 11.8. The van der Waals surface area contributed by atoms with Crippen molar-refractivity contribution in [3.8, 4) is 0 Å². The second-order valence-electron chi connectivity index (χ2n) is 7.37. The summed E-state index contributed by atoms with van der Waals surface area (Å²) in [6, 6.07) is 17.8. The molecule has 0 fully saturated rings. The van der Waals surface area contributed by atoms with Crippen LogP contribution in [0.2, 0.25) is 0 Å². The number of aromatic nitrogens is 1. The Balaban J connectivity index is 2.07. The predicted octanol–water partition coefficient (Wildman–Crippen LogP) is 3.50. The van der Waals surface area contributed by atoms with E-state index in [1.54, 1.807) is 43.6 Å². The molecule has 1 N–H and O–H groups in total. The lowest BCUT2D eigenvalue weighted by Crippen LogP contribution is -2.18. The van der Waals surface area contributed by atoms with Gasteiger partial charge in [0.15, 0.2) is 9.84 Å². The summed E-state index contributed by atoms with van der Waals surface area (Å²) in [6.07, 6.45) is 3.19. The average molecular weight is 425 g/mol. The van der Waals surface area contributed by atoms with E-state index in [0.717, 1.165) is 16.7 Å². The summed E-state index contributed by atoms with van der Waals surface area (Å²) in [5.41, 5.74) is 3.96. The summed E-state index contributed by atoms with van der Waals surface area (Å²) >= 11 is 0. The van der Waals surface area contributed by atoms with Gasteiger partial charge in [-0.05, 0) is 41.8 Å². The Morgan fingerprint density at radius 1 is 1.07 bits per heavy atom. The quantitative estimate of drug-likeness (QED) is 0.373. The van der Waals surface area contributed by atoms with E-state index >= 15 is 0 Å². The van der Waals surface area contributed by atoms with Gasteiger partial charge in [0.2, 0.25) is 5.56 Å². The van der Waals surface area contributed by atoms with Crippen molar-refractivity contribution in [2.75, 3.05) is 6.26 Å². The highest BCUT2D eigenvalue weighted by atomic mass is 32.2. The molecular formula is C23H24N2O4S. The van der Waals surface area contributed by atoms with Gasteiger partial charge in [-0.25, -0.2) is 8.42 Å². The monoisotopic (exact) mass is 424 g/mol. The Kier molecular flexibility index (Phi) is 6.22. The van der Waals surface area contributed by atoms with Gasteiger partial charge in [0.05, 0.1) is 10.6 Å². The van der Waals surface area contributed by atoms with Crippen LogP contribution in [-0.2, 0) is 16.9 Å². The second kappa shape index (κ2) is 8.67. The van der Waals surface area contributed by atoms with Crippen molar-refractivity contribution in [2.45, 2.75) is 24.2 Å². The van der Waals surface area contributed by atoms with Crippen LogP contribution in [0.25, 0.3) is 0 Å². The first-order chi connectivity index (χ1) is 14.2. The standard InChI is InChI=1S/C23H24N2O4S/c1-16-6-4-5-7-20(16)21(17-8-11-19(12-9-17)30(3,28)29)14-22(24-27)18-10-13-23(26)25(2)15-18/h4-13,15,21,27H,14H2,1-3H3/b24-22-/t21-/m1/s1. The molecule has 156 valence electrons. The van der Waals surface area contributed by atoms with Gasteiger partial charge in [-0.1, -0.05) is 41.6 Å². The molecule has 3 rings (SSSR count). The molecule has 7 heteroatoms. The fraction of sp³-hybridized carbons (Fsp3) is 0.217. The minimum Gasteiger partial charge on any atom is -0.411 e. The molecule has 0 aliphatic rings. The van der Waals surface area contributed by atoms with Gasteiger partial charge in [-0.15, -0.1) is 0 Å². The van der Waals surface area contributed by atoms with Crippen molar-refractivity contribution in [1.29, 1.82) is 0 Å². The van der Waals surface area contributed by atoms with Gasteiger partial charge in [-0.2, -0.15) is 0 Å². The first-order valence-corrected chi connectivity index (χ1v) is 11.3. The molecular weight excluding hydrogens is 400 g/mol. The molecule has 3 aromatic rings. The van der Waals surface area contributed by atoms with Crippen LogP contribution in [0.3, 0.4) is 0 Å². The van der Waals surface area contributed by atoms with E-state index in [1.807, 2.05) is 31.2 Å². The summed E-state index contributed by atoms with van der Waals surface area (Å²) in [5.74, 6) is -0.164. The zero-order chi connectivity index (χ0) is 21.9. The van der Waals surface area contributed by atoms with E-state index in [0.29, 0.717) is 17.7 Å². The zero-order valence-corrected chi connectivity index (χ0v) is 17.9. The molecule has 30 heavy (non-hydrogen) atoms. The van der Waals surface area contributed by atoms with E-state index in [9.17, 15) is 18.4 Å². The molecule has 0 aliphatic heterocycles. The van der Waals surface area contributed by atoms with Crippen molar-refractivity contribution < 1.29 is 13.6 Å². The topological polar surface area (TPSA) is 88.7 Å². The Morgan fingerprint density at radius 2 is 1.73 bits per heavy atom. The number of hydrogen-bond donors (Lipinski definition) is 1. The molecule has 0 unspecified atom stereocenters. The number of hydrogen-bond acceptors (Lipinski definition) is 5. The third-order valence-corrected chi connectivity index (χ3v) is 6.34. The summed E-state index contributed by atoms with van der Waals surface area (Å²) in [7, 11) is -1.65. The molecule has 1 atom stereocenters. The summed E-state index contributed by atoms with van der Waals surface area (Å²) in [6.45, 7) is 2.01. The second-order valence-corrected chi connectivity index (χ2v) is 9.38. The third-order valence-electron chi connectivity index (χ3n) is 5.21. The van der Waals surface area contributed by atoms with Crippen molar-refractivity contribution in [2.24, 2.45) is 12.2 Å². The smallest absolute Gasteiger partial charge is 0.250 e. The number of nitrogens with zero attached hydrogens (tertiary/aromatic N) is 2. The van der Waals surface area contributed by atoms with Crippen molar-refractivity contribution in [3.63, 3.8) is 0 Å². The Labute approximate surface area is 176 Å². The van der Waals surface area contributed by atoms with Gasteiger partial charge in [0.25, 0.3) is 0 Å². The van der Waals surface area contributed by atoms with Crippen molar-refractivity contribution >= 4 is 15.5 Å². The van der Waals surface area contributed by atoms with Crippen LogP contribution in [0.5, 0.6) is 0 Å². The first-order valence-electron chi connectivity index (χ1n) is 9.44. The number of benzene rings is 2. The van der Waals surface area contributed by atoms with Crippen molar-refractivity contribution in [1.82, 2.24) is 4.57 Å². The molecule has 0 amide bonds. The van der Waals surface area contributed by atoms with Crippen LogP contribution < -0.4 is 5.56 Å². The van der Waals surface area contributed by atoms with Crippen LogP contribution in [-0.4, -0.2) is 30.2 Å². The first kappa shape index (κ1) is 21.5. The minimum atomic E-state index is -3.29. The van der Waals surface area contributed by atoms with Gasteiger partial charge < -0.3 is 9.77 Å². The maximum atomic E-state index is 11.8. The van der Waals surface area contributed by atoms with Crippen LogP contribution in [0, 0.1) is 6.92 Å². The number of sulfone groups is 1. The summed E-state index contributed by atoms with van der Waals surface area (Å²) in [5, 5.41) is 13.2. The van der Waals surface area contributed by atoms with E-state index in [4.69, 9.17) is 0 Å². The average Bonchev–Trinajstić information content (AvgIpc) is 2.71. The SMILES string of the molecule is Cc1ccccc1[C@H](C/C(=N/O)c1ccc(=O)n(C)c1)c1ccc(S(C)(=O)=O)cc1. The zero-order valence-electron chi connectivity index (χ0n) is 17.1. The van der Waals surface area contributed by atoms with E-state index in [1.165, 1.54) is 16.9 Å². The molecule has 0 radical (unpaired) electrons. The Hall–Kier alpha value is -3.19. The van der Waals surface area contributed by atoms with E-state index < -0.39 is 9.84 Å². The Morgan fingerprint density at radius 3 is 2.30 bits per heavy atom. The summed E-state index contributed by atoms with van der Waals surface area (Å²) < 4.78 is 25.1. The normalized spacial score (nSPS) is 13.2. The van der Waals surface area contributed by atoms with Gasteiger partial charge in [0, 0.05) is 43.5 Å². The summed E-state index contributed by atoms with van der Waals surface area (Å²) in [4.78, 5) is 12.0. The molecule has 0 aliphatic carbocycles. The van der Waals surface area contributed by atoms with Gasteiger partial charge in [0.1, 0.15) is 0 Å². The highest BCUT2D eigenvalue weighted by molar-refractivity contribution is 7.90. The number of oxime groups is 1. The van der Waals surface area contributed by atoms with Gasteiger partial charge >= 0.3 is 0 Å². The molecule has 1 aromatic heterocycles. The maximum Gasteiger partial charge on any atom is 0.250 e. The molecule has 0 saturated heterocycles. The van der Waals surface area contributed by atoms with E-state index in [2.05, 4.69) is 5.16 Å². The van der Waals surface area contributed by atoms with Crippen LogP contribution in [0.15, 0.2) is 81.7 Å². The largest absolute Gasteiger partial charge is 0.411 e. The lowest BCUT2D eigenvalue weighted by Gasteiger charge is -2.21. The molecule has 0 saturated carbocycles. The predicted molar refractivity (Wildman–Crippen MR) is 117 cm³/mol. The number of pyridine rings is 1. The number of rotatable bonds is 6.